The van der Waals surface area contributed by atoms with E-state index in [-0.39, 0.29) is 5.82 Å². The summed E-state index contributed by atoms with van der Waals surface area (Å²) in [6.07, 6.45) is 7.47. The van der Waals surface area contributed by atoms with E-state index in [1.807, 2.05) is 24.5 Å². The van der Waals surface area contributed by atoms with Gasteiger partial charge >= 0.3 is 0 Å². The lowest BCUT2D eigenvalue weighted by molar-refractivity contribution is 0.142. The maximum absolute atomic E-state index is 13.0. The van der Waals surface area contributed by atoms with Crippen LogP contribution in [0.2, 0.25) is 0 Å². The molecule has 0 aliphatic carbocycles. The predicted molar refractivity (Wildman–Crippen MR) is 112 cm³/mol. The Balaban J connectivity index is 1.43. The summed E-state index contributed by atoms with van der Waals surface area (Å²) in [7, 11) is 2.19. The Bertz CT molecular complexity index is 714. The van der Waals surface area contributed by atoms with Gasteiger partial charge in [0.05, 0.1) is 0 Å². The monoisotopic (exact) mass is 384 g/mol. The number of benzene rings is 1. The fraction of sp³-hybridized carbons (Fsp3) is 0.565. The van der Waals surface area contributed by atoms with Gasteiger partial charge in [0.15, 0.2) is 0 Å². The summed E-state index contributed by atoms with van der Waals surface area (Å²) in [5, 5.41) is 0. The maximum atomic E-state index is 13.0. The Morgan fingerprint density at radius 3 is 2.54 bits per heavy atom. The Kier molecular flexibility index (Phi) is 7.51. The molecule has 4 nitrogen and oxygen atoms in total. The first-order valence-electron chi connectivity index (χ1n) is 10.5. The van der Waals surface area contributed by atoms with Crippen LogP contribution < -0.4 is 0 Å². The van der Waals surface area contributed by atoms with E-state index in [1.54, 1.807) is 12.1 Å². The molecule has 1 saturated heterocycles. The van der Waals surface area contributed by atoms with Gasteiger partial charge in [0, 0.05) is 50.1 Å². The van der Waals surface area contributed by atoms with Crippen LogP contribution >= 0.6 is 0 Å². The highest BCUT2D eigenvalue weighted by Gasteiger charge is 2.21. The van der Waals surface area contributed by atoms with Crippen LogP contribution in [-0.2, 0) is 13.0 Å². The molecule has 0 saturated carbocycles. The van der Waals surface area contributed by atoms with Crippen LogP contribution in [0.5, 0.6) is 0 Å². The SMILES string of the molecule is CC(C)c1ncc(CN(C)C[C@@H]2CCCN(CCc3ccc(F)cc3)C2)cn1. The molecule has 1 aliphatic heterocycles. The van der Waals surface area contributed by atoms with Crippen molar-refractivity contribution in [1.82, 2.24) is 19.8 Å². The van der Waals surface area contributed by atoms with Gasteiger partial charge in [0.2, 0.25) is 0 Å². The summed E-state index contributed by atoms with van der Waals surface area (Å²) >= 11 is 0. The third-order valence-corrected chi connectivity index (χ3v) is 5.50. The Morgan fingerprint density at radius 2 is 1.86 bits per heavy atom. The first kappa shape index (κ1) is 20.9. The predicted octanol–water partition coefficient (Wildman–Crippen LogP) is 4.13. The van der Waals surface area contributed by atoms with Gasteiger partial charge in [-0.25, -0.2) is 14.4 Å². The smallest absolute Gasteiger partial charge is 0.130 e. The summed E-state index contributed by atoms with van der Waals surface area (Å²) in [5.74, 6) is 1.82. The summed E-state index contributed by atoms with van der Waals surface area (Å²) in [6, 6.07) is 6.91. The molecule has 2 aromatic rings. The molecule has 1 fully saturated rings. The molecule has 0 amide bonds. The molecule has 0 bridgehead atoms. The zero-order chi connectivity index (χ0) is 19.9. The molecule has 1 aliphatic rings. The number of piperidine rings is 1. The van der Waals surface area contributed by atoms with Crippen LogP contribution in [0, 0.1) is 11.7 Å². The quantitative estimate of drug-likeness (QED) is 0.685. The lowest BCUT2D eigenvalue weighted by Gasteiger charge is -2.34. The second-order valence-corrected chi connectivity index (χ2v) is 8.49. The average Bonchev–Trinajstić information content (AvgIpc) is 2.68. The molecule has 1 atom stereocenters. The minimum absolute atomic E-state index is 0.158. The van der Waals surface area contributed by atoms with Gasteiger partial charge in [0.1, 0.15) is 11.6 Å². The minimum Gasteiger partial charge on any atom is -0.303 e. The Hall–Kier alpha value is -1.85. The number of likely N-dealkylation sites (tertiary alicyclic amines) is 1. The summed E-state index contributed by atoms with van der Waals surface area (Å²) in [6.45, 7) is 9.60. The van der Waals surface area contributed by atoms with E-state index < -0.39 is 0 Å². The summed E-state index contributed by atoms with van der Waals surface area (Å²) < 4.78 is 13.0. The molecule has 1 aromatic heterocycles. The van der Waals surface area contributed by atoms with Gasteiger partial charge in [-0.15, -0.1) is 0 Å². The van der Waals surface area contributed by atoms with Crippen molar-refractivity contribution in [1.29, 1.82) is 0 Å². The first-order chi connectivity index (χ1) is 13.5. The van der Waals surface area contributed by atoms with E-state index in [2.05, 4.69) is 40.7 Å². The molecule has 5 heteroatoms. The third kappa shape index (κ3) is 6.35. The number of hydrogen-bond donors (Lipinski definition) is 0. The number of aromatic nitrogens is 2. The van der Waals surface area contributed by atoms with Crippen molar-refractivity contribution in [3.05, 3.63) is 59.4 Å². The highest BCUT2D eigenvalue weighted by atomic mass is 19.1. The molecule has 152 valence electrons. The van der Waals surface area contributed by atoms with Crippen molar-refractivity contribution in [3.8, 4) is 0 Å². The fourth-order valence-corrected chi connectivity index (χ4v) is 4.00. The highest BCUT2D eigenvalue weighted by Crippen LogP contribution is 2.19. The van der Waals surface area contributed by atoms with Gasteiger partial charge in [-0.3, -0.25) is 0 Å². The molecule has 0 N–H and O–H groups in total. The molecule has 2 heterocycles. The van der Waals surface area contributed by atoms with Crippen LogP contribution in [0.15, 0.2) is 36.7 Å². The standard InChI is InChI=1S/C23H33FN4/c1-18(2)23-25-13-21(14-26-23)16-27(3)15-20-5-4-11-28(17-20)12-10-19-6-8-22(24)9-7-19/h6-9,13-14,18,20H,4-5,10-12,15-17H2,1-3H3/t20-/m0/s1. The Labute approximate surface area is 168 Å². The molecular weight excluding hydrogens is 351 g/mol. The molecular formula is C23H33FN4. The van der Waals surface area contributed by atoms with Crippen LogP contribution in [0.4, 0.5) is 4.39 Å². The summed E-state index contributed by atoms with van der Waals surface area (Å²) in [4.78, 5) is 13.9. The van der Waals surface area contributed by atoms with Crippen LogP contribution in [0.25, 0.3) is 0 Å². The average molecular weight is 385 g/mol. The van der Waals surface area contributed by atoms with Gasteiger partial charge < -0.3 is 9.80 Å². The van der Waals surface area contributed by atoms with Gasteiger partial charge in [-0.05, 0) is 56.5 Å². The first-order valence-corrected chi connectivity index (χ1v) is 10.5. The van der Waals surface area contributed by atoms with Gasteiger partial charge in [0.25, 0.3) is 0 Å². The lowest BCUT2D eigenvalue weighted by atomic mass is 9.97. The molecule has 0 spiro atoms. The molecule has 0 unspecified atom stereocenters. The Morgan fingerprint density at radius 1 is 1.14 bits per heavy atom. The van der Waals surface area contributed by atoms with Crippen molar-refractivity contribution in [2.24, 2.45) is 5.92 Å². The van der Waals surface area contributed by atoms with Crippen LogP contribution in [0.1, 0.15) is 49.6 Å². The third-order valence-electron chi connectivity index (χ3n) is 5.50. The van der Waals surface area contributed by atoms with E-state index in [0.29, 0.717) is 11.8 Å². The normalized spacial score (nSPS) is 18.1. The minimum atomic E-state index is -0.158. The van der Waals surface area contributed by atoms with Crippen molar-refractivity contribution < 1.29 is 4.39 Å². The zero-order valence-electron chi connectivity index (χ0n) is 17.4. The highest BCUT2D eigenvalue weighted by molar-refractivity contribution is 5.16. The van der Waals surface area contributed by atoms with Crippen molar-refractivity contribution in [2.45, 2.75) is 45.6 Å². The summed E-state index contributed by atoms with van der Waals surface area (Å²) in [5.41, 5.74) is 2.39. The van der Waals surface area contributed by atoms with Crippen molar-refractivity contribution >= 4 is 0 Å². The number of rotatable bonds is 8. The second-order valence-electron chi connectivity index (χ2n) is 8.49. The van der Waals surface area contributed by atoms with Crippen molar-refractivity contribution in [2.75, 3.05) is 33.2 Å². The topological polar surface area (TPSA) is 32.3 Å². The second kappa shape index (κ2) is 10.1. The zero-order valence-corrected chi connectivity index (χ0v) is 17.4. The number of hydrogen-bond acceptors (Lipinski definition) is 4. The van der Waals surface area contributed by atoms with Gasteiger partial charge in [-0.2, -0.15) is 0 Å². The maximum Gasteiger partial charge on any atom is 0.130 e. The molecule has 28 heavy (non-hydrogen) atoms. The molecule has 3 rings (SSSR count). The van der Waals surface area contributed by atoms with Gasteiger partial charge in [-0.1, -0.05) is 26.0 Å². The lowest BCUT2D eigenvalue weighted by Crippen LogP contribution is -2.40. The fourth-order valence-electron chi connectivity index (χ4n) is 4.00. The molecule has 1 aromatic carbocycles. The van der Waals surface area contributed by atoms with E-state index in [4.69, 9.17) is 0 Å². The number of nitrogens with zero attached hydrogens (tertiary/aromatic N) is 4. The largest absolute Gasteiger partial charge is 0.303 e. The number of halogens is 1. The van der Waals surface area contributed by atoms with E-state index >= 15 is 0 Å². The molecule has 0 radical (unpaired) electrons. The van der Waals surface area contributed by atoms with Crippen molar-refractivity contribution in [3.63, 3.8) is 0 Å². The van der Waals surface area contributed by atoms with E-state index in [1.165, 1.54) is 30.5 Å². The van der Waals surface area contributed by atoms with E-state index in [9.17, 15) is 4.39 Å². The van der Waals surface area contributed by atoms with Crippen LogP contribution in [0.3, 0.4) is 0 Å². The van der Waals surface area contributed by atoms with E-state index in [0.717, 1.165) is 38.4 Å². The van der Waals surface area contributed by atoms with Crippen LogP contribution in [-0.4, -0.2) is 53.0 Å².